The van der Waals surface area contributed by atoms with Crippen molar-refractivity contribution in [2.45, 2.75) is 32.8 Å². The molecule has 5 heteroatoms. The molecule has 0 spiro atoms. The van der Waals surface area contributed by atoms with Gasteiger partial charge in [0.1, 0.15) is 11.4 Å². The summed E-state index contributed by atoms with van der Waals surface area (Å²) in [5, 5.41) is 0. The zero-order valence-electron chi connectivity index (χ0n) is 12.6. The maximum Gasteiger partial charge on any atom is 0.410 e. The van der Waals surface area contributed by atoms with Crippen LogP contribution in [0.25, 0.3) is 0 Å². The van der Waals surface area contributed by atoms with Gasteiger partial charge in [-0.2, -0.15) is 0 Å². The Kier molecular flexibility index (Phi) is 4.30. The topological polar surface area (TPSA) is 46.6 Å². The third kappa shape index (κ3) is 3.80. The van der Waals surface area contributed by atoms with Crippen LogP contribution in [0.2, 0.25) is 0 Å². The second kappa shape index (κ2) is 5.84. The van der Waals surface area contributed by atoms with Crippen molar-refractivity contribution in [3.63, 3.8) is 0 Å². The smallest absolute Gasteiger partial charge is 0.410 e. The number of Topliss-reactive ketones (excluding diaryl/α,β-unsaturated/α-hetero) is 1. The van der Waals surface area contributed by atoms with Crippen LogP contribution in [0, 0.1) is 11.7 Å². The molecule has 1 unspecified atom stereocenters. The number of carbonyl (C=O) groups is 2. The first-order valence-corrected chi connectivity index (χ1v) is 7.04. The molecule has 1 amide bonds. The van der Waals surface area contributed by atoms with Gasteiger partial charge >= 0.3 is 6.09 Å². The van der Waals surface area contributed by atoms with Crippen LogP contribution in [0.5, 0.6) is 0 Å². The number of hydrogen-bond donors (Lipinski definition) is 0. The van der Waals surface area contributed by atoms with Crippen molar-refractivity contribution in [3.8, 4) is 0 Å². The molecule has 1 aliphatic heterocycles. The highest BCUT2D eigenvalue weighted by atomic mass is 19.1. The Morgan fingerprint density at radius 2 is 1.95 bits per heavy atom. The largest absolute Gasteiger partial charge is 0.444 e. The molecule has 1 atom stereocenters. The number of amides is 1. The third-order valence-corrected chi connectivity index (χ3v) is 3.35. The standard InChI is InChI=1S/C16H20FNO3/c1-16(2,3)21-15(20)18-9-8-11(10-18)14(19)12-6-4-5-7-13(12)17/h4-7,11H,8-10H2,1-3H3. The van der Waals surface area contributed by atoms with E-state index in [1.54, 1.807) is 32.9 Å². The number of benzene rings is 1. The van der Waals surface area contributed by atoms with Crippen LogP contribution in [0.15, 0.2) is 24.3 Å². The Morgan fingerprint density at radius 3 is 2.57 bits per heavy atom. The maximum atomic E-state index is 13.6. The average molecular weight is 293 g/mol. The van der Waals surface area contributed by atoms with Gasteiger partial charge in [-0.05, 0) is 39.3 Å². The number of carbonyl (C=O) groups excluding carboxylic acids is 2. The molecular formula is C16H20FNO3. The molecule has 1 aliphatic rings. The van der Waals surface area contributed by atoms with Crippen molar-refractivity contribution in [2.75, 3.05) is 13.1 Å². The molecule has 1 heterocycles. The number of nitrogens with zero attached hydrogens (tertiary/aromatic N) is 1. The maximum absolute atomic E-state index is 13.6. The molecule has 0 N–H and O–H groups in total. The van der Waals surface area contributed by atoms with Crippen molar-refractivity contribution in [3.05, 3.63) is 35.6 Å². The van der Waals surface area contributed by atoms with Gasteiger partial charge in [-0.1, -0.05) is 12.1 Å². The van der Waals surface area contributed by atoms with Gasteiger partial charge in [-0.25, -0.2) is 9.18 Å². The van der Waals surface area contributed by atoms with Crippen molar-refractivity contribution >= 4 is 11.9 Å². The lowest BCUT2D eigenvalue weighted by Gasteiger charge is -2.24. The van der Waals surface area contributed by atoms with E-state index in [-0.39, 0.29) is 23.8 Å². The average Bonchev–Trinajstić information content (AvgIpc) is 2.86. The molecule has 0 aliphatic carbocycles. The van der Waals surface area contributed by atoms with Gasteiger partial charge in [-0.3, -0.25) is 4.79 Å². The monoisotopic (exact) mass is 293 g/mol. The van der Waals surface area contributed by atoms with E-state index in [1.165, 1.54) is 17.0 Å². The van der Waals surface area contributed by atoms with Crippen molar-refractivity contribution < 1.29 is 18.7 Å². The first-order valence-electron chi connectivity index (χ1n) is 7.04. The van der Waals surface area contributed by atoms with E-state index in [4.69, 9.17) is 4.74 Å². The Morgan fingerprint density at radius 1 is 1.29 bits per heavy atom. The minimum absolute atomic E-state index is 0.0912. The van der Waals surface area contributed by atoms with Crippen LogP contribution in [-0.4, -0.2) is 35.5 Å². The third-order valence-electron chi connectivity index (χ3n) is 3.35. The molecule has 0 aromatic heterocycles. The second-order valence-electron chi connectivity index (χ2n) is 6.26. The normalized spacial score (nSPS) is 18.7. The highest BCUT2D eigenvalue weighted by Crippen LogP contribution is 2.23. The minimum Gasteiger partial charge on any atom is -0.444 e. The fourth-order valence-electron chi connectivity index (χ4n) is 2.35. The molecule has 4 nitrogen and oxygen atoms in total. The van der Waals surface area contributed by atoms with Gasteiger partial charge in [0.25, 0.3) is 0 Å². The highest BCUT2D eigenvalue weighted by molar-refractivity contribution is 5.98. The summed E-state index contributed by atoms with van der Waals surface area (Å²) >= 11 is 0. The molecule has 21 heavy (non-hydrogen) atoms. The molecule has 0 saturated carbocycles. The summed E-state index contributed by atoms with van der Waals surface area (Å²) < 4.78 is 18.9. The van der Waals surface area contributed by atoms with Crippen molar-refractivity contribution in [1.82, 2.24) is 4.90 Å². The van der Waals surface area contributed by atoms with Gasteiger partial charge < -0.3 is 9.64 Å². The fraction of sp³-hybridized carbons (Fsp3) is 0.500. The quantitative estimate of drug-likeness (QED) is 0.786. The Balaban J connectivity index is 2.01. The lowest BCUT2D eigenvalue weighted by atomic mass is 9.97. The van der Waals surface area contributed by atoms with E-state index >= 15 is 0 Å². The van der Waals surface area contributed by atoms with E-state index in [9.17, 15) is 14.0 Å². The molecule has 2 rings (SSSR count). The fourth-order valence-corrected chi connectivity index (χ4v) is 2.35. The van der Waals surface area contributed by atoms with Crippen LogP contribution in [0.3, 0.4) is 0 Å². The molecule has 114 valence electrons. The van der Waals surface area contributed by atoms with Gasteiger partial charge in [0.15, 0.2) is 5.78 Å². The summed E-state index contributed by atoms with van der Waals surface area (Å²) in [7, 11) is 0. The van der Waals surface area contributed by atoms with Gasteiger partial charge in [-0.15, -0.1) is 0 Å². The number of rotatable bonds is 2. The van der Waals surface area contributed by atoms with Crippen molar-refractivity contribution in [1.29, 1.82) is 0 Å². The zero-order chi connectivity index (χ0) is 15.6. The van der Waals surface area contributed by atoms with Crippen LogP contribution < -0.4 is 0 Å². The summed E-state index contributed by atoms with van der Waals surface area (Å²) in [6, 6.07) is 5.94. The van der Waals surface area contributed by atoms with Crippen LogP contribution in [-0.2, 0) is 4.74 Å². The molecule has 0 radical (unpaired) electrons. The SMILES string of the molecule is CC(C)(C)OC(=O)N1CCC(C(=O)c2ccccc2F)C1. The zero-order valence-corrected chi connectivity index (χ0v) is 12.6. The van der Waals surface area contributed by atoms with Gasteiger partial charge in [0, 0.05) is 19.0 Å². The minimum atomic E-state index is -0.565. The Bertz CT molecular complexity index is 551. The number of halogens is 1. The number of hydrogen-bond acceptors (Lipinski definition) is 3. The predicted molar refractivity (Wildman–Crippen MR) is 76.6 cm³/mol. The van der Waals surface area contributed by atoms with E-state index < -0.39 is 17.5 Å². The molecule has 1 aromatic rings. The van der Waals surface area contributed by atoms with Crippen LogP contribution >= 0.6 is 0 Å². The lowest BCUT2D eigenvalue weighted by Crippen LogP contribution is -2.35. The molecule has 1 saturated heterocycles. The van der Waals surface area contributed by atoms with Gasteiger partial charge in [0.05, 0.1) is 5.56 Å². The van der Waals surface area contributed by atoms with Crippen LogP contribution in [0.1, 0.15) is 37.6 Å². The van der Waals surface area contributed by atoms with Crippen LogP contribution in [0.4, 0.5) is 9.18 Å². The first-order chi connectivity index (χ1) is 9.78. The molecule has 1 aromatic carbocycles. The Labute approximate surface area is 123 Å². The van der Waals surface area contributed by atoms with Crippen molar-refractivity contribution in [2.24, 2.45) is 5.92 Å². The summed E-state index contributed by atoms with van der Waals surface area (Å²) in [4.78, 5) is 25.8. The summed E-state index contributed by atoms with van der Waals surface area (Å²) in [6.45, 7) is 6.12. The predicted octanol–water partition coefficient (Wildman–Crippen LogP) is 3.27. The lowest BCUT2D eigenvalue weighted by molar-refractivity contribution is 0.0289. The van der Waals surface area contributed by atoms with E-state index in [1.807, 2.05) is 0 Å². The summed E-state index contributed by atoms with van der Waals surface area (Å²) in [5.74, 6) is -1.13. The number of ether oxygens (including phenoxy) is 1. The molecular weight excluding hydrogens is 273 g/mol. The number of ketones is 1. The van der Waals surface area contributed by atoms with E-state index in [2.05, 4.69) is 0 Å². The van der Waals surface area contributed by atoms with E-state index in [0.29, 0.717) is 13.0 Å². The highest BCUT2D eigenvalue weighted by Gasteiger charge is 2.34. The number of likely N-dealkylation sites (tertiary alicyclic amines) is 1. The van der Waals surface area contributed by atoms with E-state index in [0.717, 1.165) is 0 Å². The first kappa shape index (κ1) is 15.5. The molecule has 1 fully saturated rings. The second-order valence-corrected chi connectivity index (χ2v) is 6.26. The molecule has 0 bridgehead atoms. The Hall–Kier alpha value is -1.91. The van der Waals surface area contributed by atoms with Gasteiger partial charge in [0.2, 0.25) is 0 Å². The summed E-state index contributed by atoms with van der Waals surface area (Å²) in [5.41, 5.74) is -0.474. The summed E-state index contributed by atoms with van der Waals surface area (Å²) in [6.07, 6.45) is 0.109.